The molecule has 1 heterocycles. The first kappa shape index (κ1) is 16.5. The Labute approximate surface area is 136 Å². The summed E-state index contributed by atoms with van der Waals surface area (Å²) in [5.41, 5.74) is 1.18. The molecule has 1 aromatic heterocycles. The van der Waals surface area contributed by atoms with Crippen LogP contribution in [-0.4, -0.2) is 23.3 Å². The molecule has 1 N–H and O–H groups in total. The van der Waals surface area contributed by atoms with Crippen molar-refractivity contribution in [3.63, 3.8) is 0 Å². The Hall–Kier alpha value is -0.840. The molecular weight excluding hydrogens is 296 g/mol. The van der Waals surface area contributed by atoms with Gasteiger partial charge in [0, 0.05) is 28.0 Å². The predicted molar refractivity (Wildman–Crippen MR) is 94.5 cm³/mol. The van der Waals surface area contributed by atoms with Crippen LogP contribution in [-0.2, 0) is 6.42 Å². The monoisotopic (exact) mass is 320 g/mol. The number of aryl methyl sites for hydroxylation is 2. The van der Waals surface area contributed by atoms with Gasteiger partial charge in [0.25, 0.3) is 0 Å². The van der Waals surface area contributed by atoms with Crippen molar-refractivity contribution in [1.29, 1.82) is 0 Å². The van der Waals surface area contributed by atoms with Crippen molar-refractivity contribution in [2.75, 3.05) is 12.3 Å². The molecule has 0 saturated heterocycles. The highest BCUT2D eigenvalue weighted by atomic mass is 32.2. The van der Waals surface area contributed by atoms with Crippen LogP contribution in [0.4, 0.5) is 0 Å². The minimum atomic E-state index is 0.486. The van der Waals surface area contributed by atoms with Crippen molar-refractivity contribution in [2.24, 2.45) is 0 Å². The van der Waals surface area contributed by atoms with E-state index in [0.29, 0.717) is 6.04 Å². The number of benzene rings is 1. The van der Waals surface area contributed by atoms with E-state index in [0.717, 1.165) is 18.7 Å². The van der Waals surface area contributed by atoms with E-state index in [-0.39, 0.29) is 0 Å². The number of hydrogen-bond acceptors (Lipinski definition) is 4. The summed E-state index contributed by atoms with van der Waals surface area (Å²) in [5.74, 6) is 1.09. The summed E-state index contributed by atoms with van der Waals surface area (Å²) in [6.07, 6.45) is 2.20. The third-order valence-corrected chi connectivity index (χ3v) is 5.64. The molecule has 2 aromatic rings. The SMILES string of the molecule is CCCNC(CSc1ccccc1)Cc1nc(C)c(C)s1. The summed E-state index contributed by atoms with van der Waals surface area (Å²) >= 11 is 3.76. The normalized spacial score (nSPS) is 12.5. The maximum Gasteiger partial charge on any atom is 0.0946 e. The topological polar surface area (TPSA) is 24.9 Å². The molecule has 0 radical (unpaired) electrons. The number of rotatable bonds is 8. The molecule has 0 bridgehead atoms. The lowest BCUT2D eigenvalue weighted by Crippen LogP contribution is -2.34. The van der Waals surface area contributed by atoms with Crippen LogP contribution >= 0.6 is 23.1 Å². The van der Waals surface area contributed by atoms with Crippen molar-refractivity contribution >= 4 is 23.1 Å². The van der Waals surface area contributed by atoms with Crippen molar-refractivity contribution in [3.05, 3.63) is 45.9 Å². The summed E-state index contributed by atoms with van der Waals surface area (Å²) in [4.78, 5) is 7.36. The molecular formula is C17H24N2S2. The summed E-state index contributed by atoms with van der Waals surface area (Å²) in [6, 6.07) is 11.1. The molecule has 2 rings (SSSR count). The molecule has 0 aliphatic carbocycles. The molecule has 1 unspecified atom stereocenters. The van der Waals surface area contributed by atoms with Crippen LogP contribution in [0.5, 0.6) is 0 Å². The second-order valence-electron chi connectivity index (χ2n) is 5.23. The van der Waals surface area contributed by atoms with Crippen LogP contribution in [0.25, 0.3) is 0 Å². The summed E-state index contributed by atoms with van der Waals surface area (Å²) < 4.78 is 0. The van der Waals surface area contributed by atoms with E-state index in [1.54, 1.807) is 0 Å². The second-order valence-corrected chi connectivity index (χ2v) is 7.61. The smallest absolute Gasteiger partial charge is 0.0946 e. The third kappa shape index (κ3) is 5.46. The molecule has 1 atom stereocenters. The van der Waals surface area contributed by atoms with Gasteiger partial charge in [-0.1, -0.05) is 25.1 Å². The first-order chi connectivity index (χ1) is 10.2. The van der Waals surface area contributed by atoms with E-state index in [1.165, 1.54) is 26.9 Å². The van der Waals surface area contributed by atoms with E-state index in [1.807, 2.05) is 23.1 Å². The van der Waals surface area contributed by atoms with Crippen LogP contribution in [0.1, 0.15) is 28.9 Å². The van der Waals surface area contributed by atoms with Crippen molar-refractivity contribution in [3.8, 4) is 0 Å². The first-order valence-electron chi connectivity index (χ1n) is 7.53. The van der Waals surface area contributed by atoms with E-state index < -0.39 is 0 Å². The minimum Gasteiger partial charge on any atom is -0.313 e. The molecule has 0 amide bonds. The molecule has 114 valence electrons. The fourth-order valence-electron chi connectivity index (χ4n) is 2.09. The molecule has 2 nitrogen and oxygen atoms in total. The van der Waals surface area contributed by atoms with Crippen molar-refractivity contribution < 1.29 is 0 Å². The lowest BCUT2D eigenvalue weighted by atomic mass is 10.2. The van der Waals surface area contributed by atoms with Gasteiger partial charge in [-0.3, -0.25) is 0 Å². The van der Waals surface area contributed by atoms with Gasteiger partial charge in [0.05, 0.1) is 10.7 Å². The lowest BCUT2D eigenvalue weighted by Gasteiger charge is -2.17. The Morgan fingerprint density at radius 2 is 2.00 bits per heavy atom. The van der Waals surface area contributed by atoms with Crippen LogP contribution in [0.2, 0.25) is 0 Å². The average Bonchev–Trinajstić information content (AvgIpc) is 2.81. The van der Waals surface area contributed by atoms with Crippen LogP contribution in [0, 0.1) is 13.8 Å². The minimum absolute atomic E-state index is 0.486. The zero-order valence-electron chi connectivity index (χ0n) is 13.1. The number of hydrogen-bond donors (Lipinski definition) is 1. The van der Waals surface area contributed by atoms with Gasteiger partial charge < -0.3 is 5.32 Å². The number of thioether (sulfide) groups is 1. The highest BCUT2D eigenvalue weighted by Crippen LogP contribution is 2.22. The zero-order chi connectivity index (χ0) is 15.1. The Kier molecular flexibility index (Phi) is 6.74. The van der Waals surface area contributed by atoms with E-state index in [2.05, 4.69) is 61.4 Å². The second kappa shape index (κ2) is 8.57. The first-order valence-corrected chi connectivity index (χ1v) is 9.33. The average molecular weight is 321 g/mol. The highest BCUT2D eigenvalue weighted by molar-refractivity contribution is 7.99. The molecule has 4 heteroatoms. The van der Waals surface area contributed by atoms with Gasteiger partial charge in [0.2, 0.25) is 0 Å². The van der Waals surface area contributed by atoms with Gasteiger partial charge in [0.1, 0.15) is 0 Å². The van der Waals surface area contributed by atoms with Gasteiger partial charge in [-0.05, 0) is 38.9 Å². The Balaban J connectivity index is 1.93. The highest BCUT2D eigenvalue weighted by Gasteiger charge is 2.13. The van der Waals surface area contributed by atoms with Gasteiger partial charge in [-0.25, -0.2) is 4.98 Å². The summed E-state index contributed by atoms with van der Waals surface area (Å²) in [7, 11) is 0. The maximum absolute atomic E-state index is 4.68. The van der Waals surface area contributed by atoms with Crippen molar-refractivity contribution in [1.82, 2.24) is 10.3 Å². The lowest BCUT2D eigenvalue weighted by molar-refractivity contribution is 0.549. The van der Waals surface area contributed by atoms with E-state index >= 15 is 0 Å². The number of nitrogens with zero attached hydrogens (tertiary/aromatic N) is 1. The van der Waals surface area contributed by atoms with E-state index in [9.17, 15) is 0 Å². The molecule has 0 spiro atoms. The van der Waals surface area contributed by atoms with Gasteiger partial charge >= 0.3 is 0 Å². The fourth-order valence-corrected chi connectivity index (χ4v) is 4.08. The molecule has 0 saturated carbocycles. The quantitative estimate of drug-likeness (QED) is 0.727. The summed E-state index contributed by atoms with van der Waals surface area (Å²) in [6.45, 7) is 7.54. The molecule has 21 heavy (non-hydrogen) atoms. The van der Waals surface area contributed by atoms with Gasteiger partial charge in [0.15, 0.2) is 0 Å². The Bertz CT molecular complexity index is 517. The third-order valence-electron chi connectivity index (χ3n) is 3.37. The predicted octanol–water partition coefficient (Wildman–Crippen LogP) is 4.46. The maximum atomic E-state index is 4.68. The number of nitrogens with one attached hydrogen (secondary N) is 1. The molecule has 0 aliphatic rings. The Morgan fingerprint density at radius 3 is 2.62 bits per heavy atom. The van der Waals surface area contributed by atoms with Crippen molar-refractivity contribution in [2.45, 2.75) is 44.6 Å². The molecule has 0 aliphatic heterocycles. The number of aromatic nitrogens is 1. The molecule has 1 aromatic carbocycles. The fraction of sp³-hybridized carbons (Fsp3) is 0.471. The van der Waals surface area contributed by atoms with E-state index in [4.69, 9.17) is 0 Å². The largest absolute Gasteiger partial charge is 0.313 e. The zero-order valence-corrected chi connectivity index (χ0v) is 14.7. The van der Waals surface area contributed by atoms with Gasteiger partial charge in [-0.15, -0.1) is 23.1 Å². The van der Waals surface area contributed by atoms with Gasteiger partial charge in [-0.2, -0.15) is 0 Å². The Morgan fingerprint density at radius 1 is 1.24 bits per heavy atom. The van der Waals surface area contributed by atoms with Crippen LogP contribution < -0.4 is 5.32 Å². The van der Waals surface area contributed by atoms with Crippen LogP contribution in [0.15, 0.2) is 35.2 Å². The summed E-state index contributed by atoms with van der Waals surface area (Å²) in [5, 5.41) is 4.92. The number of thiazole rings is 1. The standard InChI is InChI=1S/C17H24N2S2/c1-4-10-18-15(11-17-19-13(2)14(3)21-17)12-20-16-8-6-5-7-9-16/h5-9,15,18H,4,10-12H2,1-3H3. The molecule has 0 fully saturated rings. The van der Waals surface area contributed by atoms with Crippen LogP contribution in [0.3, 0.4) is 0 Å².